The van der Waals surface area contributed by atoms with Crippen LogP contribution in [0, 0.1) is 5.82 Å². The van der Waals surface area contributed by atoms with Gasteiger partial charge in [0.1, 0.15) is 5.82 Å². The highest BCUT2D eigenvalue weighted by Gasteiger charge is 2.16. The molecule has 0 N–H and O–H groups in total. The van der Waals surface area contributed by atoms with E-state index in [1.165, 1.54) is 29.6 Å². The zero-order chi connectivity index (χ0) is 18.5. The second-order valence-corrected chi connectivity index (χ2v) is 7.82. The molecule has 0 saturated carbocycles. The van der Waals surface area contributed by atoms with Crippen molar-refractivity contribution in [2.24, 2.45) is 0 Å². The molecule has 1 fully saturated rings. The molecule has 1 aromatic heterocycles. The second kappa shape index (κ2) is 8.68. The van der Waals surface area contributed by atoms with E-state index >= 15 is 0 Å². The molecule has 0 spiro atoms. The van der Waals surface area contributed by atoms with Crippen molar-refractivity contribution in [2.45, 2.75) is 59.5 Å². The van der Waals surface area contributed by atoms with E-state index in [4.69, 9.17) is 0 Å². The predicted octanol–water partition coefficient (Wildman–Crippen LogP) is 6.07. The largest absolute Gasteiger partial charge is 0.343 e. The van der Waals surface area contributed by atoms with E-state index in [2.05, 4.69) is 48.6 Å². The first-order valence-corrected chi connectivity index (χ1v) is 9.81. The summed E-state index contributed by atoms with van der Waals surface area (Å²) in [6.07, 6.45) is 11.6. The van der Waals surface area contributed by atoms with Crippen molar-refractivity contribution >= 4 is 10.9 Å². The van der Waals surface area contributed by atoms with Gasteiger partial charge in [-0.3, -0.25) is 4.90 Å². The van der Waals surface area contributed by atoms with Crippen molar-refractivity contribution in [3.05, 3.63) is 59.1 Å². The van der Waals surface area contributed by atoms with Crippen LogP contribution in [0.1, 0.15) is 52.0 Å². The van der Waals surface area contributed by atoms with E-state index in [0.29, 0.717) is 0 Å². The highest BCUT2D eigenvalue weighted by molar-refractivity contribution is 5.84. The average Bonchev–Trinajstić information content (AvgIpc) is 3.21. The summed E-state index contributed by atoms with van der Waals surface area (Å²) in [4.78, 5) is 2.48. The molecule has 3 heteroatoms. The van der Waals surface area contributed by atoms with Gasteiger partial charge in [-0.05, 0) is 83.3 Å². The Labute approximate surface area is 157 Å². The van der Waals surface area contributed by atoms with Gasteiger partial charge >= 0.3 is 0 Å². The van der Waals surface area contributed by atoms with Gasteiger partial charge in [0.15, 0.2) is 0 Å². The Morgan fingerprint density at radius 1 is 1.12 bits per heavy atom. The first kappa shape index (κ1) is 18.9. The quantitative estimate of drug-likeness (QED) is 0.548. The molecule has 2 heterocycles. The van der Waals surface area contributed by atoms with Gasteiger partial charge in [-0.25, -0.2) is 4.39 Å². The van der Waals surface area contributed by atoms with E-state index < -0.39 is 0 Å². The van der Waals surface area contributed by atoms with E-state index in [-0.39, 0.29) is 5.82 Å². The molecule has 0 atom stereocenters. The normalized spacial score (nSPS) is 15.8. The summed E-state index contributed by atoms with van der Waals surface area (Å²) < 4.78 is 16.1. The molecule has 0 aliphatic carbocycles. The summed E-state index contributed by atoms with van der Waals surface area (Å²) in [7, 11) is 0. The lowest BCUT2D eigenvalue weighted by Gasteiger charge is -2.13. The number of allylic oxidation sites excluding steroid dienone is 4. The van der Waals surface area contributed by atoms with Crippen molar-refractivity contribution in [1.82, 2.24) is 9.47 Å². The fourth-order valence-corrected chi connectivity index (χ4v) is 3.75. The maximum absolute atomic E-state index is 13.8. The first-order valence-electron chi connectivity index (χ1n) is 9.81. The Kier molecular flexibility index (Phi) is 6.31. The minimum absolute atomic E-state index is 0.147. The molecule has 1 aliphatic heterocycles. The van der Waals surface area contributed by atoms with E-state index in [1.807, 2.05) is 6.07 Å². The zero-order valence-corrected chi connectivity index (χ0v) is 16.4. The Morgan fingerprint density at radius 2 is 1.88 bits per heavy atom. The van der Waals surface area contributed by atoms with Gasteiger partial charge in [0.2, 0.25) is 0 Å². The van der Waals surface area contributed by atoms with Gasteiger partial charge in [-0.15, -0.1) is 0 Å². The molecule has 0 unspecified atom stereocenters. The number of rotatable bonds is 7. The third-order valence-corrected chi connectivity index (χ3v) is 5.25. The average molecular weight is 355 g/mol. The molecule has 26 heavy (non-hydrogen) atoms. The Hall–Kier alpha value is -1.87. The fourth-order valence-electron chi connectivity index (χ4n) is 3.75. The molecule has 1 aliphatic rings. The van der Waals surface area contributed by atoms with Gasteiger partial charge in [-0.1, -0.05) is 23.3 Å². The minimum atomic E-state index is -0.147. The van der Waals surface area contributed by atoms with Gasteiger partial charge in [0.05, 0.1) is 0 Å². The van der Waals surface area contributed by atoms with Gasteiger partial charge in [-0.2, -0.15) is 0 Å². The first-order chi connectivity index (χ1) is 12.5. The fraction of sp³-hybridized carbons (Fsp3) is 0.478. The number of hydrogen-bond acceptors (Lipinski definition) is 1. The Bertz CT molecular complexity index is 803. The smallest absolute Gasteiger partial charge is 0.123 e. The Morgan fingerprint density at radius 3 is 2.62 bits per heavy atom. The van der Waals surface area contributed by atoms with Crippen LogP contribution in [0.2, 0.25) is 0 Å². The lowest BCUT2D eigenvalue weighted by Crippen LogP contribution is -2.18. The topological polar surface area (TPSA) is 8.17 Å². The number of likely N-dealkylation sites (tertiary alicyclic amines) is 1. The number of halogens is 1. The summed E-state index contributed by atoms with van der Waals surface area (Å²) in [5.74, 6) is -0.147. The van der Waals surface area contributed by atoms with Crippen molar-refractivity contribution in [3.8, 4) is 0 Å². The third-order valence-electron chi connectivity index (χ3n) is 5.25. The lowest BCUT2D eigenvalue weighted by atomic mass is 10.1. The number of nitrogens with zero attached hydrogens (tertiary/aromatic N) is 2. The third kappa shape index (κ3) is 4.85. The van der Waals surface area contributed by atoms with Gasteiger partial charge < -0.3 is 4.57 Å². The number of hydrogen-bond donors (Lipinski definition) is 0. The second-order valence-electron chi connectivity index (χ2n) is 7.82. The van der Waals surface area contributed by atoms with Crippen LogP contribution in [-0.4, -0.2) is 22.6 Å². The highest BCUT2D eigenvalue weighted by atomic mass is 19.1. The standard InChI is InChI=1S/C23H31FN2/c1-18(2)7-6-8-19(3)11-14-26-17-20(16-25-12-4-5-13-25)22-15-21(24)9-10-23(22)26/h7,9-11,15,17H,4-6,8,12-14,16H2,1-3H3/b19-11+. The molecule has 3 rings (SSSR count). The van der Waals surface area contributed by atoms with Gasteiger partial charge in [0, 0.05) is 30.2 Å². The number of aromatic nitrogens is 1. The summed E-state index contributed by atoms with van der Waals surface area (Å²) in [6, 6.07) is 5.19. The Balaban J connectivity index is 1.78. The summed E-state index contributed by atoms with van der Waals surface area (Å²) in [5.41, 5.74) is 5.17. The summed E-state index contributed by atoms with van der Waals surface area (Å²) in [5, 5.41) is 1.06. The van der Waals surface area contributed by atoms with E-state index in [9.17, 15) is 4.39 Å². The monoisotopic (exact) mass is 354 g/mol. The van der Waals surface area contributed by atoms with Crippen molar-refractivity contribution in [2.75, 3.05) is 13.1 Å². The van der Waals surface area contributed by atoms with Crippen LogP contribution in [-0.2, 0) is 13.1 Å². The molecule has 140 valence electrons. The van der Waals surface area contributed by atoms with Crippen LogP contribution in [0.15, 0.2) is 47.7 Å². The van der Waals surface area contributed by atoms with Crippen molar-refractivity contribution < 1.29 is 4.39 Å². The van der Waals surface area contributed by atoms with Crippen molar-refractivity contribution in [3.63, 3.8) is 0 Å². The number of benzene rings is 1. The van der Waals surface area contributed by atoms with Crippen LogP contribution in [0.5, 0.6) is 0 Å². The number of fused-ring (bicyclic) bond motifs is 1. The highest BCUT2D eigenvalue weighted by Crippen LogP contribution is 2.25. The lowest BCUT2D eigenvalue weighted by molar-refractivity contribution is 0.332. The predicted molar refractivity (Wildman–Crippen MR) is 109 cm³/mol. The molecule has 1 aromatic carbocycles. The summed E-state index contributed by atoms with van der Waals surface area (Å²) >= 11 is 0. The van der Waals surface area contributed by atoms with Crippen LogP contribution >= 0.6 is 0 Å². The molecule has 0 amide bonds. The van der Waals surface area contributed by atoms with Crippen LogP contribution in [0.25, 0.3) is 10.9 Å². The maximum Gasteiger partial charge on any atom is 0.123 e. The zero-order valence-electron chi connectivity index (χ0n) is 16.4. The minimum Gasteiger partial charge on any atom is -0.343 e. The van der Waals surface area contributed by atoms with E-state index in [0.717, 1.165) is 49.9 Å². The molecule has 0 radical (unpaired) electrons. The maximum atomic E-state index is 13.8. The molecule has 2 aromatic rings. The summed E-state index contributed by atoms with van der Waals surface area (Å²) in [6.45, 7) is 10.6. The molecular weight excluding hydrogens is 323 g/mol. The molecule has 0 bridgehead atoms. The van der Waals surface area contributed by atoms with Crippen LogP contribution in [0.4, 0.5) is 4.39 Å². The molecular formula is C23H31FN2. The van der Waals surface area contributed by atoms with Crippen molar-refractivity contribution in [1.29, 1.82) is 0 Å². The molecule has 2 nitrogen and oxygen atoms in total. The van der Waals surface area contributed by atoms with Gasteiger partial charge in [0.25, 0.3) is 0 Å². The van der Waals surface area contributed by atoms with E-state index in [1.54, 1.807) is 12.1 Å². The SMILES string of the molecule is CC(C)=CCC/C(C)=C/Cn1cc(CN2CCCC2)c2cc(F)ccc21. The molecule has 1 saturated heterocycles. The van der Waals surface area contributed by atoms with Crippen LogP contribution < -0.4 is 0 Å². The van der Waals surface area contributed by atoms with Crippen LogP contribution in [0.3, 0.4) is 0 Å².